The summed E-state index contributed by atoms with van der Waals surface area (Å²) in [5, 5.41) is 6.74. The van der Waals surface area contributed by atoms with E-state index in [1.807, 2.05) is 25.2 Å². The summed E-state index contributed by atoms with van der Waals surface area (Å²) in [4.78, 5) is 0. The fourth-order valence-electron chi connectivity index (χ4n) is 2.20. The number of nitrogens with one attached hydrogen (secondary N) is 2. The summed E-state index contributed by atoms with van der Waals surface area (Å²) in [6.07, 6.45) is 2.57. The highest BCUT2D eigenvalue weighted by molar-refractivity contribution is 5.60. The highest BCUT2D eigenvalue weighted by atomic mass is 16.5. The molecule has 0 atom stereocenters. The smallest absolute Gasteiger partial charge is 0.142 e. The van der Waals surface area contributed by atoms with Crippen LogP contribution in [0.1, 0.15) is 12.8 Å². The Morgan fingerprint density at radius 1 is 1.17 bits per heavy atom. The Hall–Kier alpha value is -1.42. The second-order valence-corrected chi connectivity index (χ2v) is 4.95. The molecule has 1 aliphatic carbocycles. The largest absolute Gasteiger partial charge is 0.497 e. The van der Waals surface area contributed by atoms with E-state index in [9.17, 15) is 0 Å². The van der Waals surface area contributed by atoms with Crippen LogP contribution in [0.15, 0.2) is 18.2 Å². The number of hydrogen-bond acceptors (Lipinski definition) is 4. The van der Waals surface area contributed by atoms with Crippen molar-refractivity contribution in [2.24, 2.45) is 5.41 Å². The minimum Gasteiger partial charge on any atom is -0.497 e. The summed E-state index contributed by atoms with van der Waals surface area (Å²) in [6.45, 7) is 2.03. The second kappa shape index (κ2) is 5.48. The maximum Gasteiger partial charge on any atom is 0.142 e. The molecule has 2 N–H and O–H groups in total. The van der Waals surface area contributed by atoms with Crippen LogP contribution >= 0.6 is 0 Å². The predicted octanol–water partition coefficient (Wildman–Crippen LogP) is 2.12. The Morgan fingerprint density at radius 3 is 2.50 bits per heavy atom. The SMILES string of the molecule is CNCC1(CNc2cc(OC)ccc2OC)CC1. The molecule has 1 saturated carbocycles. The summed E-state index contributed by atoms with van der Waals surface area (Å²) >= 11 is 0. The van der Waals surface area contributed by atoms with Crippen LogP contribution in [0.3, 0.4) is 0 Å². The molecule has 1 fully saturated rings. The van der Waals surface area contributed by atoms with Gasteiger partial charge in [-0.15, -0.1) is 0 Å². The predicted molar refractivity (Wildman–Crippen MR) is 73.6 cm³/mol. The number of rotatable bonds is 7. The molecule has 4 nitrogen and oxygen atoms in total. The van der Waals surface area contributed by atoms with Crippen molar-refractivity contribution in [3.63, 3.8) is 0 Å². The molecule has 0 saturated heterocycles. The van der Waals surface area contributed by atoms with E-state index < -0.39 is 0 Å². The molecule has 0 bridgehead atoms. The lowest BCUT2D eigenvalue weighted by Gasteiger charge is -2.18. The Balaban J connectivity index is 2.03. The van der Waals surface area contributed by atoms with E-state index in [4.69, 9.17) is 9.47 Å². The lowest BCUT2D eigenvalue weighted by molar-refractivity contribution is 0.404. The molecule has 2 rings (SSSR count). The first kappa shape index (κ1) is 13.0. The van der Waals surface area contributed by atoms with Crippen LogP contribution < -0.4 is 20.1 Å². The van der Waals surface area contributed by atoms with Gasteiger partial charge in [-0.3, -0.25) is 0 Å². The van der Waals surface area contributed by atoms with Crippen LogP contribution in [0.5, 0.6) is 11.5 Å². The van der Waals surface area contributed by atoms with Gasteiger partial charge in [-0.1, -0.05) is 0 Å². The summed E-state index contributed by atoms with van der Waals surface area (Å²) in [7, 11) is 5.37. The molecule has 0 radical (unpaired) electrons. The average Bonchev–Trinajstić information content (AvgIpc) is 3.16. The van der Waals surface area contributed by atoms with Crippen LogP contribution in [-0.4, -0.2) is 34.4 Å². The monoisotopic (exact) mass is 250 g/mol. The second-order valence-electron chi connectivity index (χ2n) is 4.95. The molecule has 1 aromatic rings. The number of benzene rings is 1. The molecule has 1 aliphatic rings. The van der Waals surface area contributed by atoms with Gasteiger partial charge in [0.25, 0.3) is 0 Å². The van der Waals surface area contributed by atoms with Gasteiger partial charge in [0.15, 0.2) is 0 Å². The lowest BCUT2D eigenvalue weighted by Crippen LogP contribution is -2.26. The van der Waals surface area contributed by atoms with Gasteiger partial charge < -0.3 is 20.1 Å². The molecule has 1 aromatic carbocycles. The molecule has 0 aliphatic heterocycles. The number of hydrogen-bond donors (Lipinski definition) is 2. The summed E-state index contributed by atoms with van der Waals surface area (Å²) in [5.74, 6) is 1.70. The maximum atomic E-state index is 5.36. The molecular weight excluding hydrogens is 228 g/mol. The summed E-state index contributed by atoms with van der Waals surface area (Å²) in [5.41, 5.74) is 1.42. The van der Waals surface area contributed by atoms with Gasteiger partial charge in [0.2, 0.25) is 0 Å². The van der Waals surface area contributed by atoms with E-state index in [1.54, 1.807) is 14.2 Å². The molecule has 100 valence electrons. The quantitative estimate of drug-likeness (QED) is 0.778. The Kier molecular flexibility index (Phi) is 3.97. The Bertz CT molecular complexity index is 403. The fourth-order valence-corrected chi connectivity index (χ4v) is 2.20. The van der Waals surface area contributed by atoms with Gasteiger partial charge in [-0.05, 0) is 32.0 Å². The average molecular weight is 250 g/mol. The van der Waals surface area contributed by atoms with Crippen molar-refractivity contribution in [2.75, 3.05) is 39.7 Å². The number of ether oxygens (including phenoxy) is 2. The van der Waals surface area contributed by atoms with Crippen molar-refractivity contribution in [3.8, 4) is 11.5 Å². The highest BCUT2D eigenvalue weighted by Gasteiger charge is 2.41. The number of methoxy groups -OCH3 is 2. The van der Waals surface area contributed by atoms with Crippen molar-refractivity contribution >= 4 is 5.69 Å². The first-order chi connectivity index (χ1) is 8.73. The molecule has 0 amide bonds. The molecular formula is C14H22N2O2. The first-order valence-corrected chi connectivity index (χ1v) is 6.33. The Labute approximate surface area is 109 Å². The van der Waals surface area contributed by atoms with Gasteiger partial charge in [0, 0.05) is 24.6 Å². The molecule has 0 heterocycles. The third-order valence-electron chi connectivity index (χ3n) is 3.57. The van der Waals surface area contributed by atoms with Gasteiger partial charge >= 0.3 is 0 Å². The van der Waals surface area contributed by atoms with Crippen molar-refractivity contribution in [3.05, 3.63) is 18.2 Å². The van der Waals surface area contributed by atoms with Crippen molar-refractivity contribution < 1.29 is 9.47 Å². The zero-order valence-electron chi connectivity index (χ0n) is 11.4. The summed E-state index contributed by atoms with van der Waals surface area (Å²) in [6, 6.07) is 5.82. The van der Waals surface area contributed by atoms with Crippen LogP contribution in [-0.2, 0) is 0 Å². The van der Waals surface area contributed by atoms with E-state index in [0.29, 0.717) is 5.41 Å². The van der Waals surface area contributed by atoms with Crippen molar-refractivity contribution in [1.29, 1.82) is 0 Å². The van der Waals surface area contributed by atoms with E-state index in [2.05, 4.69) is 10.6 Å². The molecule has 18 heavy (non-hydrogen) atoms. The third kappa shape index (κ3) is 2.88. The molecule has 0 spiro atoms. The van der Waals surface area contributed by atoms with Crippen LogP contribution in [0, 0.1) is 5.41 Å². The lowest BCUT2D eigenvalue weighted by atomic mass is 10.1. The van der Waals surface area contributed by atoms with E-state index in [1.165, 1.54) is 12.8 Å². The number of anilines is 1. The van der Waals surface area contributed by atoms with Crippen LogP contribution in [0.25, 0.3) is 0 Å². The topological polar surface area (TPSA) is 42.5 Å². The molecule has 0 unspecified atom stereocenters. The van der Waals surface area contributed by atoms with Gasteiger partial charge in [0.1, 0.15) is 11.5 Å². The van der Waals surface area contributed by atoms with Gasteiger partial charge in [-0.25, -0.2) is 0 Å². The van der Waals surface area contributed by atoms with Gasteiger partial charge in [-0.2, -0.15) is 0 Å². The first-order valence-electron chi connectivity index (χ1n) is 6.33. The minimum atomic E-state index is 0.419. The standard InChI is InChI=1S/C14H22N2O2/c1-15-9-14(6-7-14)10-16-12-8-11(17-2)4-5-13(12)18-3/h4-5,8,15-16H,6-7,9-10H2,1-3H3. The molecule has 0 aromatic heterocycles. The molecule has 4 heteroatoms. The van der Waals surface area contributed by atoms with E-state index in [0.717, 1.165) is 30.3 Å². The highest BCUT2D eigenvalue weighted by Crippen LogP contribution is 2.45. The maximum absolute atomic E-state index is 5.36. The third-order valence-corrected chi connectivity index (χ3v) is 3.57. The van der Waals surface area contributed by atoms with E-state index in [-0.39, 0.29) is 0 Å². The summed E-state index contributed by atoms with van der Waals surface area (Å²) < 4.78 is 10.6. The zero-order chi connectivity index (χ0) is 13.0. The van der Waals surface area contributed by atoms with Crippen LogP contribution in [0.2, 0.25) is 0 Å². The minimum absolute atomic E-state index is 0.419. The van der Waals surface area contributed by atoms with Crippen molar-refractivity contribution in [1.82, 2.24) is 5.32 Å². The normalized spacial score (nSPS) is 16.2. The zero-order valence-corrected chi connectivity index (χ0v) is 11.4. The van der Waals surface area contributed by atoms with Crippen molar-refractivity contribution in [2.45, 2.75) is 12.8 Å². The Morgan fingerprint density at radius 2 is 1.94 bits per heavy atom. The van der Waals surface area contributed by atoms with Crippen LogP contribution in [0.4, 0.5) is 5.69 Å². The van der Waals surface area contributed by atoms with Gasteiger partial charge in [0.05, 0.1) is 19.9 Å². The fraction of sp³-hybridized carbons (Fsp3) is 0.571. The van der Waals surface area contributed by atoms with E-state index >= 15 is 0 Å².